The Bertz CT molecular complexity index is 423. The van der Waals surface area contributed by atoms with Crippen LogP contribution >= 0.6 is 39.9 Å². The first-order chi connectivity index (χ1) is 8.47. The van der Waals surface area contributed by atoms with Crippen molar-refractivity contribution >= 4 is 50.6 Å². The van der Waals surface area contributed by atoms with Crippen molar-refractivity contribution in [2.24, 2.45) is 5.73 Å². The van der Waals surface area contributed by atoms with E-state index in [9.17, 15) is 0 Å². The van der Waals surface area contributed by atoms with Crippen LogP contribution in [0.15, 0.2) is 22.7 Å². The van der Waals surface area contributed by atoms with Gasteiger partial charge in [-0.2, -0.15) is 11.8 Å². The number of benzene rings is 1. The normalized spacial score (nSPS) is 12.2. The number of rotatable bonds is 6. The first-order valence-electron chi connectivity index (χ1n) is 5.78. The molecule has 0 aliphatic carbocycles. The van der Waals surface area contributed by atoms with E-state index in [0.29, 0.717) is 11.0 Å². The topological polar surface area (TPSA) is 29.3 Å². The summed E-state index contributed by atoms with van der Waals surface area (Å²) in [4.78, 5) is 2.70. The van der Waals surface area contributed by atoms with Gasteiger partial charge in [0.1, 0.15) is 4.99 Å². The van der Waals surface area contributed by atoms with Crippen LogP contribution in [0.5, 0.6) is 0 Å². The molecule has 0 spiro atoms. The van der Waals surface area contributed by atoms with Gasteiger partial charge in [0.05, 0.1) is 0 Å². The maximum Gasteiger partial charge on any atom is 0.105 e. The summed E-state index contributed by atoms with van der Waals surface area (Å²) in [5, 5.41) is 0. The van der Waals surface area contributed by atoms with Gasteiger partial charge in [0, 0.05) is 28.8 Å². The molecule has 18 heavy (non-hydrogen) atoms. The quantitative estimate of drug-likeness (QED) is 0.796. The predicted molar refractivity (Wildman–Crippen MR) is 90.9 cm³/mol. The van der Waals surface area contributed by atoms with E-state index in [4.69, 9.17) is 18.0 Å². The Morgan fingerprint density at radius 3 is 2.72 bits per heavy atom. The zero-order valence-corrected chi connectivity index (χ0v) is 14.2. The van der Waals surface area contributed by atoms with Gasteiger partial charge in [-0.1, -0.05) is 12.2 Å². The van der Waals surface area contributed by atoms with E-state index in [1.165, 1.54) is 17.9 Å². The van der Waals surface area contributed by atoms with Gasteiger partial charge in [0.15, 0.2) is 0 Å². The molecule has 2 N–H and O–H groups in total. The predicted octanol–water partition coefficient (Wildman–Crippen LogP) is 3.66. The highest BCUT2D eigenvalue weighted by molar-refractivity contribution is 9.10. The second kappa shape index (κ2) is 7.36. The number of hydrogen-bond acceptors (Lipinski definition) is 3. The molecule has 100 valence electrons. The third kappa shape index (κ3) is 4.14. The van der Waals surface area contributed by atoms with E-state index in [0.717, 1.165) is 10.0 Å². The van der Waals surface area contributed by atoms with Crippen molar-refractivity contribution in [3.05, 3.63) is 28.2 Å². The van der Waals surface area contributed by atoms with Crippen molar-refractivity contribution in [1.29, 1.82) is 0 Å². The van der Waals surface area contributed by atoms with E-state index >= 15 is 0 Å². The summed E-state index contributed by atoms with van der Waals surface area (Å²) >= 11 is 10.4. The van der Waals surface area contributed by atoms with Crippen molar-refractivity contribution in [3.63, 3.8) is 0 Å². The Labute approximate surface area is 127 Å². The van der Waals surface area contributed by atoms with Crippen LogP contribution in [-0.2, 0) is 0 Å². The highest BCUT2D eigenvalue weighted by Crippen LogP contribution is 2.25. The molecule has 0 aliphatic heterocycles. The molecule has 5 heteroatoms. The molecule has 0 aromatic heterocycles. The lowest BCUT2D eigenvalue weighted by molar-refractivity contribution is 0.669. The van der Waals surface area contributed by atoms with Crippen LogP contribution in [0, 0.1) is 0 Å². The van der Waals surface area contributed by atoms with Crippen molar-refractivity contribution in [1.82, 2.24) is 0 Å². The smallest absolute Gasteiger partial charge is 0.105 e. The Kier molecular flexibility index (Phi) is 6.46. The molecule has 0 amide bonds. The largest absolute Gasteiger partial charge is 0.389 e. The van der Waals surface area contributed by atoms with Gasteiger partial charge in [-0.3, -0.25) is 0 Å². The highest BCUT2D eigenvalue weighted by atomic mass is 79.9. The summed E-state index contributed by atoms with van der Waals surface area (Å²) in [5.41, 5.74) is 7.72. The minimum atomic E-state index is 0.423. The van der Waals surface area contributed by atoms with Gasteiger partial charge in [-0.05, 0) is 59.5 Å². The minimum Gasteiger partial charge on any atom is -0.389 e. The first-order valence-corrected chi connectivity index (χ1v) is 8.38. The molecule has 1 aromatic rings. The van der Waals surface area contributed by atoms with Crippen LogP contribution in [0.3, 0.4) is 0 Å². The molecule has 0 heterocycles. The molecule has 1 atom stereocenters. The molecular formula is C13H19BrN2S2. The first kappa shape index (κ1) is 15.8. The van der Waals surface area contributed by atoms with E-state index in [1.807, 2.05) is 17.8 Å². The fraction of sp³-hybridized carbons (Fsp3) is 0.462. The number of hydrogen-bond donors (Lipinski definition) is 1. The maximum absolute atomic E-state index is 5.65. The maximum atomic E-state index is 5.65. The molecule has 2 nitrogen and oxygen atoms in total. The summed E-state index contributed by atoms with van der Waals surface area (Å²) in [6.07, 6.45) is 3.31. The Balaban J connectivity index is 2.83. The molecule has 0 saturated carbocycles. The molecule has 0 aliphatic rings. The molecule has 0 bridgehead atoms. The average Bonchev–Trinajstić information content (AvgIpc) is 2.34. The van der Waals surface area contributed by atoms with Crippen molar-refractivity contribution in [3.8, 4) is 0 Å². The van der Waals surface area contributed by atoms with Crippen molar-refractivity contribution in [2.75, 3.05) is 24.0 Å². The lowest BCUT2D eigenvalue weighted by atomic mass is 10.1. The third-order valence-corrected chi connectivity index (χ3v) is 4.55. The van der Waals surface area contributed by atoms with E-state index < -0.39 is 0 Å². The zero-order chi connectivity index (χ0) is 13.7. The summed E-state index contributed by atoms with van der Waals surface area (Å²) in [7, 11) is 2.12. The van der Waals surface area contributed by atoms with Crippen LogP contribution in [0.2, 0.25) is 0 Å². The number of nitrogens with zero attached hydrogens (tertiary/aromatic N) is 1. The number of thioether (sulfide) groups is 1. The molecular weight excluding hydrogens is 328 g/mol. The SMILES string of the molecule is CSCCC(C)N(C)c1ccc(C(N)=S)c(Br)c1. The zero-order valence-electron chi connectivity index (χ0n) is 10.9. The third-order valence-electron chi connectivity index (χ3n) is 3.03. The number of nitrogens with two attached hydrogens (primary N) is 1. The molecule has 0 fully saturated rings. The summed E-state index contributed by atoms with van der Waals surface area (Å²) < 4.78 is 0.955. The Morgan fingerprint density at radius 2 is 2.22 bits per heavy atom. The summed E-state index contributed by atoms with van der Waals surface area (Å²) in [6.45, 7) is 2.24. The number of thiocarbonyl (C=S) groups is 1. The fourth-order valence-corrected chi connectivity index (χ4v) is 3.13. The van der Waals surface area contributed by atoms with E-state index in [-0.39, 0.29) is 0 Å². The Morgan fingerprint density at radius 1 is 1.56 bits per heavy atom. The second-order valence-electron chi connectivity index (χ2n) is 4.27. The fourth-order valence-electron chi connectivity index (χ4n) is 1.66. The molecule has 1 aromatic carbocycles. The van der Waals surface area contributed by atoms with Crippen LogP contribution in [0.25, 0.3) is 0 Å². The van der Waals surface area contributed by atoms with Crippen LogP contribution in [0.4, 0.5) is 5.69 Å². The highest BCUT2D eigenvalue weighted by Gasteiger charge is 2.11. The average molecular weight is 347 g/mol. The minimum absolute atomic E-state index is 0.423. The van der Waals surface area contributed by atoms with Crippen LogP contribution in [-0.4, -0.2) is 30.1 Å². The van der Waals surface area contributed by atoms with E-state index in [1.54, 1.807) is 0 Å². The number of anilines is 1. The monoisotopic (exact) mass is 346 g/mol. The van der Waals surface area contributed by atoms with Gasteiger partial charge < -0.3 is 10.6 Å². The Hall–Kier alpha value is -0.260. The molecule has 0 radical (unpaired) electrons. The van der Waals surface area contributed by atoms with Gasteiger partial charge in [0.2, 0.25) is 0 Å². The van der Waals surface area contributed by atoms with Crippen LogP contribution in [0.1, 0.15) is 18.9 Å². The lowest BCUT2D eigenvalue weighted by Crippen LogP contribution is -2.29. The van der Waals surface area contributed by atoms with Crippen molar-refractivity contribution in [2.45, 2.75) is 19.4 Å². The van der Waals surface area contributed by atoms with Gasteiger partial charge in [-0.15, -0.1) is 0 Å². The standard InChI is InChI=1S/C13H19BrN2S2/c1-9(6-7-18-3)16(2)10-4-5-11(13(15)17)12(14)8-10/h4-5,8-9H,6-7H2,1-3H3,(H2,15,17). The van der Waals surface area contributed by atoms with E-state index in [2.05, 4.69) is 53.2 Å². The summed E-state index contributed by atoms with van der Waals surface area (Å²) in [5.74, 6) is 1.18. The van der Waals surface area contributed by atoms with Crippen molar-refractivity contribution < 1.29 is 0 Å². The van der Waals surface area contributed by atoms with Crippen LogP contribution < -0.4 is 10.6 Å². The lowest BCUT2D eigenvalue weighted by Gasteiger charge is -2.27. The van der Waals surface area contributed by atoms with Gasteiger partial charge in [0.25, 0.3) is 0 Å². The molecule has 1 rings (SSSR count). The second-order valence-corrected chi connectivity index (χ2v) is 6.55. The van der Waals surface area contributed by atoms with Gasteiger partial charge >= 0.3 is 0 Å². The summed E-state index contributed by atoms with van der Waals surface area (Å²) in [6, 6.07) is 6.62. The molecule has 1 unspecified atom stereocenters. The number of halogens is 1. The molecule has 0 saturated heterocycles. The van der Waals surface area contributed by atoms with Gasteiger partial charge in [-0.25, -0.2) is 0 Å².